The molecular weight excluding hydrogens is 470 g/mol. The first kappa shape index (κ1) is 29.8. The number of amides is 3. The van der Waals surface area contributed by atoms with Gasteiger partial charge in [0.25, 0.3) is 0 Å². The van der Waals surface area contributed by atoms with Crippen molar-refractivity contribution >= 4 is 17.9 Å². The van der Waals surface area contributed by atoms with Crippen LogP contribution in [0.4, 0.5) is 4.79 Å². The molecule has 0 saturated carbocycles. The number of nitrogens with one attached hydrogen (secondary N) is 1. The highest BCUT2D eigenvalue weighted by Crippen LogP contribution is 2.34. The summed E-state index contributed by atoms with van der Waals surface area (Å²) in [6.07, 6.45) is 1.46. The number of carbonyl (C=O) groups excluding carboxylic acids is 3. The number of nitrogens with zero attached hydrogens (tertiary/aromatic N) is 1. The maximum Gasteiger partial charge on any atom is 0.426 e. The van der Waals surface area contributed by atoms with E-state index in [-0.39, 0.29) is 12.8 Å². The number of aliphatic hydroxyl groups excluding tert-OH is 1. The van der Waals surface area contributed by atoms with E-state index in [4.69, 9.17) is 10.5 Å². The SMILES string of the molecule is CCCCCC(=O)N(NC(=O)OC(C)(C)C)C(Cc1ccccc1-c1ccccc1)(C(N)=O)C(C)CO. The van der Waals surface area contributed by atoms with Gasteiger partial charge in [-0.25, -0.2) is 15.2 Å². The van der Waals surface area contributed by atoms with Crippen LogP contribution in [0.25, 0.3) is 11.1 Å². The van der Waals surface area contributed by atoms with Crippen molar-refractivity contribution in [2.45, 2.75) is 77.9 Å². The van der Waals surface area contributed by atoms with Gasteiger partial charge in [0, 0.05) is 25.4 Å². The minimum absolute atomic E-state index is 0.0234. The Labute approximate surface area is 220 Å². The number of unbranched alkanes of at least 4 members (excludes halogenated alkanes) is 2. The van der Waals surface area contributed by atoms with E-state index in [0.717, 1.165) is 34.5 Å². The zero-order chi connectivity index (χ0) is 27.6. The van der Waals surface area contributed by atoms with Crippen molar-refractivity contribution < 1.29 is 24.2 Å². The standard InChI is InChI=1S/C29H41N3O5/c1-6-7-9-18-25(34)32(31-27(36)37-28(3,4)5)29(26(30)35,21(2)20-33)19-23-16-12-13-17-24(23)22-14-10-8-11-15-22/h8,10-17,21,33H,6-7,9,18-20H2,1-5H3,(H2,30,35)(H,31,36). The van der Waals surface area contributed by atoms with Gasteiger partial charge >= 0.3 is 6.09 Å². The Morgan fingerprint density at radius 3 is 2.22 bits per heavy atom. The lowest BCUT2D eigenvalue weighted by molar-refractivity contribution is -0.156. The Kier molecular flexibility index (Phi) is 10.7. The van der Waals surface area contributed by atoms with Crippen LogP contribution in [0.3, 0.4) is 0 Å². The summed E-state index contributed by atoms with van der Waals surface area (Å²) in [6, 6.07) is 17.2. The van der Waals surface area contributed by atoms with Crippen molar-refractivity contribution in [2.75, 3.05) is 6.61 Å². The molecule has 8 nitrogen and oxygen atoms in total. The lowest BCUT2D eigenvalue weighted by Crippen LogP contribution is -2.70. The molecule has 0 bridgehead atoms. The Balaban J connectivity index is 2.66. The number of carbonyl (C=O) groups is 3. The monoisotopic (exact) mass is 511 g/mol. The predicted molar refractivity (Wildman–Crippen MR) is 144 cm³/mol. The molecule has 0 aromatic heterocycles. The molecule has 4 N–H and O–H groups in total. The molecule has 3 amide bonds. The molecule has 2 aromatic rings. The van der Waals surface area contributed by atoms with E-state index in [1.807, 2.05) is 61.5 Å². The topological polar surface area (TPSA) is 122 Å². The number of hydrogen-bond acceptors (Lipinski definition) is 5. The number of rotatable bonds is 11. The fraction of sp³-hybridized carbons (Fsp3) is 0.483. The first-order valence-corrected chi connectivity index (χ1v) is 12.8. The Bertz CT molecular complexity index is 1050. The van der Waals surface area contributed by atoms with E-state index in [1.54, 1.807) is 27.7 Å². The van der Waals surface area contributed by atoms with Crippen molar-refractivity contribution in [3.63, 3.8) is 0 Å². The zero-order valence-electron chi connectivity index (χ0n) is 22.6. The van der Waals surface area contributed by atoms with Crippen LogP contribution in [0.1, 0.15) is 65.9 Å². The third kappa shape index (κ3) is 7.79. The van der Waals surface area contributed by atoms with Gasteiger partial charge in [0.15, 0.2) is 5.54 Å². The van der Waals surface area contributed by atoms with Crippen LogP contribution in [0, 0.1) is 5.92 Å². The van der Waals surface area contributed by atoms with E-state index < -0.39 is 41.6 Å². The molecule has 2 atom stereocenters. The van der Waals surface area contributed by atoms with Gasteiger partial charge in [-0.3, -0.25) is 9.59 Å². The number of benzene rings is 2. The van der Waals surface area contributed by atoms with Gasteiger partial charge in [-0.2, -0.15) is 0 Å². The number of ether oxygens (including phenoxy) is 1. The average molecular weight is 512 g/mol. The van der Waals surface area contributed by atoms with Gasteiger partial charge in [0.1, 0.15) is 5.60 Å². The van der Waals surface area contributed by atoms with Gasteiger partial charge in [-0.1, -0.05) is 81.3 Å². The van der Waals surface area contributed by atoms with Crippen LogP contribution in [-0.2, 0) is 20.7 Å². The minimum Gasteiger partial charge on any atom is -0.443 e. The van der Waals surface area contributed by atoms with E-state index in [9.17, 15) is 19.5 Å². The smallest absolute Gasteiger partial charge is 0.426 e. The maximum absolute atomic E-state index is 13.6. The highest BCUT2D eigenvalue weighted by atomic mass is 16.6. The first-order chi connectivity index (χ1) is 17.5. The molecule has 0 radical (unpaired) electrons. The van der Waals surface area contributed by atoms with Crippen LogP contribution in [0.2, 0.25) is 0 Å². The van der Waals surface area contributed by atoms with E-state index in [0.29, 0.717) is 6.42 Å². The second kappa shape index (κ2) is 13.2. The van der Waals surface area contributed by atoms with Crippen molar-refractivity contribution in [3.05, 3.63) is 60.2 Å². The number of nitrogens with two attached hydrogens (primary N) is 1. The minimum atomic E-state index is -1.76. The third-order valence-electron chi connectivity index (χ3n) is 6.32. The zero-order valence-corrected chi connectivity index (χ0v) is 22.6. The molecule has 2 aromatic carbocycles. The average Bonchev–Trinajstić information content (AvgIpc) is 2.85. The first-order valence-electron chi connectivity index (χ1n) is 12.8. The molecule has 8 heteroatoms. The van der Waals surface area contributed by atoms with E-state index in [1.165, 1.54) is 0 Å². The summed E-state index contributed by atoms with van der Waals surface area (Å²) in [5.41, 5.74) is 8.50. The van der Waals surface area contributed by atoms with Crippen LogP contribution in [-0.4, -0.2) is 45.8 Å². The van der Waals surface area contributed by atoms with E-state index in [2.05, 4.69) is 5.43 Å². The summed E-state index contributed by atoms with van der Waals surface area (Å²) in [5.74, 6) is -2.12. The number of hydrogen-bond donors (Lipinski definition) is 3. The molecule has 0 aliphatic carbocycles. The fourth-order valence-corrected chi connectivity index (χ4v) is 4.34. The lowest BCUT2D eigenvalue weighted by Gasteiger charge is -2.45. The molecule has 0 aliphatic rings. The highest BCUT2D eigenvalue weighted by molar-refractivity contribution is 5.92. The van der Waals surface area contributed by atoms with Gasteiger partial charge in [-0.05, 0) is 43.9 Å². The largest absolute Gasteiger partial charge is 0.443 e. The highest BCUT2D eigenvalue weighted by Gasteiger charge is 2.51. The summed E-state index contributed by atoms with van der Waals surface area (Å²) >= 11 is 0. The quantitative estimate of drug-likeness (QED) is 0.301. The van der Waals surface area contributed by atoms with Crippen LogP contribution < -0.4 is 11.2 Å². The molecular formula is C29H41N3O5. The maximum atomic E-state index is 13.6. The molecule has 0 aliphatic heterocycles. The molecule has 2 rings (SSSR count). The Hall–Kier alpha value is -3.39. The fourth-order valence-electron chi connectivity index (χ4n) is 4.34. The summed E-state index contributed by atoms with van der Waals surface area (Å²) < 4.78 is 5.42. The van der Waals surface area contributed by atoms with Gasteiger partial charge in [-0.15, -0.1) is 0 Å². The summed E-state index contributed by atoms with van der Waals surface area (Å²) in [5, 5.41) is 11.3. The summed E-state index contributed by atoms with van der Waals surface area (Å²) in [4.78, 5) is 39.8. The van der Waals surface area contributed by atoms with Gasteiger partial charge in [0.05, 0.1) is 0 Å². The van der Waals surface area contributed by atoms with Crippen LogP contribution in [0.5, 0.6) is 0 Å². The van der Waals surface area contributed by atoms with Crippen LogP contribution >= 0.6 is 0 Å². The molecule has 202 valence electrons. The normalized spacial score (nSPS) is 13.8. The molecule has 0 spiro atoms. The molecule has 0 fully saturated rings. The van der Waals surface area contributed by atoms with E-state index >= 15 is 0 Å². The lowest BCUT2D eigenvalue weighted by atomic mass is 9.77. The van der Waals surface area contributed by atoms with Crippen molar-refractivity contribution in [1.82, 2.24) is 10.4 Å². The third-order valence-corrected chi connectivity index (χ3v) is 6.32. The number of aliphatic hydroxyl groups is 1. The molecule has 0 heterocycles. The van der Waals surface area contributed by atoms with Gasteiger partial charge in [0.2, 0.25) is 11.8 Å². The number of primary amides is 1. The van der Waals surface area contributed by atoms with Crippen molar-refractivity contribution in [3.8, 4) is 11.1 Å². The molecule has 0 saturated heterocycles. The second-order valence-electron chi connectivity index (χ2n) is 10.4. The summed E-state index contributed by atoms with van der Waals surface area (Å²) in [6.45, 7) is 8.32. The number of hydrazine groups is 1. The molecule has 37 heavy (non-hydrogen) atoms. The second-order valence-corrected chi connectivity index (χ2v) is 10.4. The summed E-state index contributed by atoms with van der Waals surface area (Å²) in [7, 11) is 0. The Morgan fingerprint density at radius 1 is 1.03 bits per heavy atom. The van der Waals surface area contributed by atoms with Crippen molar-refractivity contribution in [2.24, 2.45) is 11.7 Å². The molecule has 2 unspecified atom stereocenters. The Morgan fingerprint density at radius 2 is 1.65 bits per heavy atom. The van der Waals surface area contributed by atoms with Crippen LogP contribution in [0.15, 0.2) is 54.6 Å². The van der Waals surface area contributed by atoms with Crippen molar-refractivity contribution in [1.29, 1.82) is 0 Å². The predicted octanol–water partition coefficient (Wildman–Crippen LogP) is 4.60. The van der Waals surface area contributed by atoms with Gasteiger partial charge < -0.3 is 15.6 Å².